The van der Waals surface area contributed by atoms with E-state index in [1.807, 2.05) is 18.2 Å². The van der Waals surface area contributed by atoms with Gasteiger partial charge in [0.15, 0.2) is 0 Å². The van der Waals surface area contributed by atoms with E-state index in [1.54, 1.807) is 12.1 Å². The summed E-state index contributed by atoms with van der Waals surface area (Å²) in [6, 6.07) is 18.0. The molecule has 0 aliphatic carbocycles. The molecule has 4 rings (SSSR count). The maximum atomic E-state index is 9.55. The third-order valence-electron chi connectivity index (χ3n) is 4.75. The van der Waals surface area contributed by atoms with Gasteiger partial charge in [0.2, 0.25) is 0 Å². The molecule has 0 saturated heterocycles. The number of nitrogens with zero attached hydrogens (tertiary/aromatic N) is 2. The third-order valence-corrected chi connectivity index (χ3v) is 4.75. The number of rotatable bonds is 3. The molecule has 2 heterocycles. The Kier molecular flexibility index (Phi) is 3.82. The predicted molar refractivity (Wildman–Crippen MR) is 95.0 cm³/mol. The van der Waals surface area contributed by atoms with Crippen molar-refractivity contribution in [2.45, 2.75) is 25.9 Å². The summed E-state index contributed by atoms with van der Waals surface area (Å²) in [4.78, 5) is 0. The van der Waals surface area contributed by atoms with Crippen LogP contribution in [0, 0.1) is 0 Å². The van der Waals surface area contributed by atoms with Gasteiger partial charge in [-0.1, -0.05) is 30.3 Å². The summed E-state index contributed by atoms with van der Waals surface area (Å²) in [5, 5.41) is 18.0. The molecule has 0 spiro atoms. The zero-order chi connectivity index (χ0) is 16.5. The van der Waals surface area contributed by atoms with Crippen molar-refractivity contribution in [3.05, 3.63) is 71.4 Å². The normalized spacial score (nSPS) is 15.0. The van der Waals surface area contributed by atoms with E-state index in [1.165, 1.54) is 16.8 Å². The average molecular weight is 319 g/mol. The predicted octanol–water partition coefficient (Wildman–Crippen LogP) is 3.51. The third kappa shape index (κ3) is 2.59. The van der Waals surface area contributed by atoms with Gasteiger partial charge in [-0.2, -0.15) is 5.10 Å². The molecule has 4 nitrogen and oxygen atoms in total. The van der Waals surface area contributed by atoms with Crippen LogP contribution in [-0.4, -0.2) is 21.4 Å². The van der Waals surface area contributed by atoms with E-state index < -0.39 is 0 Å². The first-order valence-electron chi connectivity index (χ1n) is 8.39. The first kappa shape index (κ1) is 15.0. The Morgan fingerprint density at radius 2 is 1.83 bits per heavy atom. The number of nitrogens with one attached hydrogen (secondary N) is 1. The molecule has 3 aromatic rings. The fourth-order valence-corrected chi connectivity index (χ4v) is 3.42. The second-order valence-electron chi connectivity index (χ2n) is 6.28. The molecule has 0 saturated carbocycles. The highest BCUT2D eigenvalue weighted by molar-refractivity contribution is 5.65. The number of hydrogen-bond donors (Lipinski definition) is 2. The molecule has 1 atom stereocenters. The van der Waals surface area contributed by atoms with Crippen LogP contribution in [0.2, 0.25) is 0 Å². The quantitative estimate of drug-likeness (QED) is 0.777. The Morgan fingerprint density at radius 3 is 2.58 bits per heavy atom. The van der Waals surface area contributed by atoms with Crippen molar-refractivity contribution in [2.24, 2.45) is 0 Å². The molecule has 24 heavy (non-hydrogen) atoms. The number of phenolic OH excluding ortho intramolecular Hbond substituents is 1. The van der Waals surface area contributed by atoms with Crippen molar-refractivity contribution in [1.82, 2.24) is 15.1 Å². The lowest BCUT2D eigenvalue weighted by Gasteiger charge is -2.20. The number of aromatic nitrogens is 2. The smallest absolute Gasteiger partial charge is 0.115 e. The minimum absolute atomic E-state index is 0.198. The van der Waals surface area contributed by atoms with Gasteiger partial charge in [-0.25, -0.2) is 0 Å². The topological polar surface area (TPSA) is 50.1 Å². The first-order valence-corrected chi connectivity index (χ1v) is 8.39. The Morgan fingerprint density at radius 1 is 1.08 bits per heavy atom. The molecule has 0 fully saturated rings. The second kappa shape index (κ2) is 6.13. The van der Waals surface area contributed by atoms with Crippen LogP contribution in [0.4, 0.5) is 0 Å². The highest BCUT2D eigenvalue weighted by atomic mass is 16.3. The fourth-order valence-electron chi connectivity index (χ4n) is 3.42. The molecule has 1 unspecified atom stereocenters. The molecule has 4 heteroatoms. The Bertz CT molecular complexity index is 837. The lowest BCUT2D eigenvalue weighted by atomic mass is 10.0. The van der Waals surface area contributed by atoms with Crippen LogP contribution >= 0.6 is 0 Å². The highest BCUT2D eigenvalue weighted by Crippen LogP contribution is 2.31. The molecule has 1 aliphatic heterocycles. The van der Waals surface area contributed by atoms with E-state index in [2.05, 4.69) is 41.2 Å². The number of benzene rings is 2. The fraction of sp³-hybridized carbons (Fsp3) is 0.250. The summed E-state index contributed by atoms with van der Waals surface area (Å²) >= 11 is 0. The summed E-state index contributed by atoms with van der Waals surface area (Å²) < 4.78 is 2.17. The van der Waals surface area contributed by atoms with Crippen LogP contribution in [0.5, 0.6) is 5.75 Å². The van der Waals surface area contributed by atoms with Crippen molar-refractivity contribution in [1.29, 1.82) is 0 Å². The lowest BCUT2D eigenvalue weighted by molar-refractivity contribution is 0.475. The Balaban J connectivity index is 1.82. The zero-order valence-electron chi connectivity index (χ0n) is 13.7. The second-order valence-corrected chi connectivity index (χ2v) is 6.28. The number of aromatic hydroxyl groups is 1. The Labute approximate surface area is 141 Å². The minimum Gasteiger partial charge on any atom is -0.508 e. The van der Waals surface area contributed by atoms with Crippen LogP contribution in [0.3, 0.4) is 0 Å². The summed E-state index contributed by atoms with van der Waals surface area (Å²) in [7, 11) is 0. The number of hydrogen-bond acceptors (Lipinski definition) is 3. The van der Waals surface area contributed by atoms with Crippen molar-refractivity contribution >= 4 is 0 Å². The van der Waals surface area contributed by atoms with E-state index in [0.29, 0.717) is 0 Å². The van der Waals surface area contributed by atoms with Crippen LogP contribution in [-0.2, 0) is 13.0 Å². The lowest BCUT2D eigenvalue weighted by Crippen LogP contribution is -2.25. The first-order chi connectivity index (χ1) is 11.7. The molecular formula is C20H21N3O. The summed E-state index contributed by atoms with van der Waals surface area (Å²) in [5.74, 6) is 0.280. The van der Waals surface area contributed by atoms with Gasteiger partial charge < -0.3 is 10.4 Å². The molecule has 0 bridgehead atoms. The molecule has 122 valence electrons. The molecule has 1 aliphatic rings. The SMILES string of the molecule is CC(c1ccccc1)n1nc(-c2ccc(O)cc2)c2c1CCNC2. The van der Waals surface area contributed by atoms with Gasteiger partial charge in [-0.15, -0.1) is 0 Å². The van der Waals surface area contributed by atoms with Crippen LogP contribution in [0.25, 0.3) is 11.3 Å². The molecule has 0 amide bonds. The van der Waals surface area contributed by atoms with Gasteiger partial charge in [0.05, 0.1) is 11.7 Å². The van der Waals surface area contributed by atoms with E-state index in [0.717, 1.165) is 30.8 Å². The van der Waals surface area contributed by atoms with Gasteiger partial charge in [-0.3, -0.25) is 4.68 Å². The average Bonchev–Trinajstić information content (AvgIpc) is 3.02. The van der Waals surface area contributed by atoms with Gasteiger partial charge >= 0.3 is 0 Å². The van der Waals surface area contributed by atoms with Crippen LogP contribution in [0.15, 0.2) is 54.6 Å². The van der Waals surface area contributed by atoms with E-state index in [9.17, 15) is 5.11 Å². The summed E-state index contributed by atoms with van der Waals surface area (Å²) in [5.41, 5.74) is 5.91. The summed E-state index contributed by atoms with van der Waals surface area (Å²) in [6.45, 7) is 4.02. The van der Waals surface area contributed by atoms with Crippen LogP contribution in [0.1, 0.15) is 29.8 Å². The zero-order valence-corrected chi connectivity index (χ0v) is 13.7. The van der Waals surface area contributed by atoms with Gasteiger partial charge in [-0.05, 0) is 36.8 Å². The largest absolute Gasteiger partial charge is 0.508 e. The van der Waals surface area contributed by atoms with Crippen molar-refractivity contribution in [3.8, 4) is 17.0 Å². The molecule has 2 aromatic carbocycles. The Hall–Kier alpha value is -2.59. The molecule has 2 N–H and O–H groups in total. The van der Waals surface area contributed by atoms with E-state index >= 15 is 0 Å². The van der Waals surface area contributed by atoms with Gasteiger partial charge in [0.1, 0.15) is 5.75 Å². The van der Waals surface area contributed by atoms with Crippen molar-refractivity contribution in [3.63, 3.8) is 0 Å². The molecule has 0 radical (unpaired) electrons. The minimum atomic E-state index is 0.198. The van der Waals surface area contributed by atoms with Crippen molar-refractivity contribution < 1.29 is 5.11 Å². The van der Waals surface area contributed by atoms with Gasteiger partial charge in [0, 0.05) is 36.3 Å². The maximum Gasteiger partial charge on any atom is 0.115 e. The number of fused-ring (bicyclic) bond motifs is 1. The molecule has 1 aromatic heterocycles. The monoisotopic (exact) mass is 319 g/mol. The highest BCUT2D eigenvalue weighted by Gasteiger charge is 2.24. The summed E-state index contributed by atoms with van der Waals surface area (Å²) in [6.07, 6.45) is 0.984. The molecular weight excluding hydrogens is 298 g/mol. The van der Waals surface area contributed by atoms with E-state index in [4.69, 9.17) is 5.10 Å². The van der Waals surface area contributed by atoms with Crippen molar-refractivity contribution in [2.75, 3.05) is 6.54 Å². The van der Waals surface area contributed by atoms with E-state index in [-0.39, 0.29) is 11.8 Å². The van der Waals surface area contributed by atoms with Crippen LogP contribution < -0.4 is 5.32 Å². The maximum absolute atomic E-state index is 9.55. The van der Waals surface area contributed by atoms with Gasteiger partial charge in [0.25, 0.3) is 0 Å². The standard InChI is InChI=1S/C20H21N3O/c1-14(15-5-3-2-4-6-15)23-19-11-12-21-13-18(19)20(22-23)16-7-9-17(24)10-8-16/h2-10,14,21,24H,11-13H2,1H3. The number of phenols is 1.